The zero-order valence-electron chi connectivity index (χ0n) is 15.6. The molecule has 1 aromatic carbocycles. The van der Waals surface area contributed by atoms with Crippen molar-refractivity contribution < 1.29 is 19.2 Å². The van der Waals surface area contributed by atoms with Crippen LogP contribution in [0.25, 0.3) is 0 Å². The van der Waals surface area contributed by atoms with Gasteiger partial charge in [-0.25, -0.2) is 0 Å². The van der Waals surface area contributed by atoms with Gasteiger partial charge in [-0.3, -0.25) is 24.5 Å². The average Bonchev–Trinajstić information content (AvgIpc) is 3.02. The molecule has 3 aliphatic rings. The monoisotopic (exact) mass is 384 g/mol. The zero-order valence-corrected chi connectivity index (χ0v) is 15.6. The normalized spacial score (nSPS) is 22.8. The van der Waals surface area contributed by atoms with Crippen LogP contribution in [0, 0.1) is 5.92 Å². The highest BCUT2D eigenvalue weighted by Crippen LogP contribution is 2.28. The Morgan fingerprint density at radius 3 is 2.68 bits per heavy atom. The smallest absolute Gasteiger partial charge is 0.255 e. The number of rotatable bonds is 4. The van der Waals surface area contributed by atoms with Gasteiger partial charge in [0.25, 0.3) is 5.91 Å². The van der Waals surface area contributed by atoms with Gasteiger partial charge in [-0.1, -0.05) is 12.1 Å². The Kier molecular flexibility index (Phi) is 5.13. The summed E-state index contributed by atoms with van der Waals surface area (Å²) in [5, 5.41) is 8.54. The van der Waals surface area contributed by atoms with E-state index in [0.29, 0.717) is 25.1 Å². The lowest BCUT2D eigenvalue weighted by atomic mass is 9.97. The molecule has 2 saturated heterocycles. The van der Waals surface area contributed by atoms with Crippen molar-refractivity contribution in [3.8, 4) is 0 Å². The highest BCUT2D eigenvalue weighted by Gasteiger charge is 2.39. The molecule has 0 radical (unpaired) electrons. The van der Waals surface area contributed by atoms with E-state index in [2.05, 4.69) is 16.0 Å². The van der Waals surface area contributed by atoms with Crippen LogP contribution in [-0.4, -0.2) is 47.7 Å². The molecule has 3 heterocycles. The molecule has 28 heavy (non-hydrogen) atoms. The van der Waals surface area contributed by atoms with E-state index in [-0.39, 0.29) is 30.1 Å². The predicted molar refractivity (Wildman–Crippen MR) is 99.9 cm³/mol. The van der Waals surface area contributed by atoms with Crippen LogP contribution in [0.3, 0.4) is 0 Å². The maximum absolute atomic E-state index is 12.7. The second-order valence-electron chi connectivity index (χ2n) is 7.63. The molecule has 0 aliphatic carbocycles. The van der Waals surface area contributed by atoms with E-state index in [1.807, 2.05) is 12.1 Å². The lowest BCUT2D eigenvalue weighted by molar-refractivity contribution is -0.137. The van der Waals surface area contributed by atoms with Crippen molar-refractivity contribution >= 4 is 23.6 Å². The van der Waals surface area contributed by atoms with Crippen molar-refractivity contribution in [1.29, 1.82) is 0 Å². The van der Waals surface area contributed by atoms with Gasteiger partial charge in [0.05, 0.1) is 0 Å². The highest BCUT2D eigenvalue weighted by molar-refractivity contribution is 6.05. The maximum Gasteiger partial charge on any atom is 0.255 e. The fourth-order valence-corrected chi connectivity index (χ4v) is 4.16. The van der Waals surface area contributed by atoms with Gasteiger partial charge in [0, 0.05) is 31.0 Å². The van der Waals surface area contributed by atoms with E-state index in [1.54, 1.807) is 6.07 Å². The summed E-state index contributed by atoms with van der Waals surface area (Å²) in [5.41, 5.74) is 2.36. The Hall–Kier alpha value is -2.74. The number of piperidine rings is 2. The molecule has 0 bridgehead atoms. The summed E-state index contributed by atoms with van der Waals surface area (Å²) >= 11 is 0. The minimum absolute atomic E-state index is 0.0558. The molecule has 1 atom stereocenters. The summed E-state index contributed by atoms with van der Waals surface area (Å²) in [7, 11) is 0. The molecule has 2 fully saturated rings. The first-order chi connectivity index (χ1) is 13.5. The molecule has 0 saturated carbocycles. The van der Waals surface area contributed by atoms with E-state index in [4.69, 9.17) is 0 Å². The lowest BCUT2D eigenvalue weighted by Gasteiger charge is -2.29. The van der Waals surface area contributed by atoms with Gasteiger partial charge in [-0.05, 0) is 49.5 Å². The highest BCUT2D eigenvalue weighted by atomic mass is 16.2. The van der Waals surface area contributed by atoms with Crippen LogP contribution >= 0.6 is 0 Å². The first-order valence-electron chi connectivity index (χ1n) is 9.78. The first-order valence-corrected chi connectivity index (χ1v) is 9.78. The summed E-state index contributed by atoms with van der Waals surface area (Å²) in [6, 6.07) is 4.91. The van der Waals surface area contributed by atoms with Gasteiger partial charge >= 0.3 is 0 Å². The molecular formula is C20H24N4O4. The summed E-state index contributed by atoms with van der Waals surface area (Å²) < 4.78 is 0. The second-order valence-corrected chi connectivity index (χ2v) is 7.63. The quantitative estimate of drug-likeness (QED) is 0.637. The summed E-state index contributed by atoms with van der Waals surface area (Å²) in [6.45, 7) is 2.50. The van der Waals surface area contributed by atoms with Crippen LogP contribution in [-0.2, 0) is 27.5 Å². The number of carbonyl (C=O) groups is 4. The summed E-state index contributed by atoms with van der Waals surface area (Å²) in [4.78, 5) is 50.0. The van der Waals surface area contributed by atoms with Crippen molar-refractivity contribution in [2.24, 2.45) is 5.92 Å². The lowest BCUT2D eigenvalue weighted by Crippen LogP contribution is -2.52. The van der Waals surface area contributed by atoms with Crippen LogP contribution < -0.4 is 16.0 Å². The van der Waals surface area contributed by atoms with Gasteiger partial charge in [-0.15, -0.1) is 0 Å². The van der Waals surface area contributed by atoms with Crippen molar-refractivity contribution in [1.82, 2.24) is 20.9 Å². The van der Waals surface area contributed by atoms with E-state index in [0.717, 1.165) is 37.1 Å². The molecule has 0 spiro atoms. The number of imide groups is 1. The number of carbonyl (C=O) groups excluding carboxylic acids is 4. The third-order valence-corrected chi connectivity index (χ3v) is 5.76. The Bertz CT molecular complexity index is 831. The zero-order chi connectivity index (χ0) is 19.7. The fourth-order valence-electron chi connectivity index (χ4n) is 4.16. The maximum atomic E-state index is 12.7. The van der Waals surface area contributed by atoms with E-state index >= 15 is 0 Å². The van der Waals surface area contributed by atoms with E-state index in [1.165, 1.54) is 4.90 Å². The Morgan fingerprint density at radius 2 is 1.93 bits per heavy atom. The van der Waals surface area contributed by atoms with E-state index in [9.17, 15) is 19.2 Å². The number of hydrogen-bond donors (Lipinski definition) is 3. The van der Waals surface area contributed by atoms with Gasteiger partial charge in [-0.2, -0.15) is 0 Å². The molecular weight excluding hydrogens is 360 g/mol. The number of nitrogens with one attached hydrogen (secondary N) is 3. The molecule has 1 unspecified atom stereocenters. The SMILES string of the molecule is O=C1CCC(N2Cc3cc(CNC(=O)C4CCNCC4)ccc3C2=O)C(=O)N1. The molecule has 1 aromatic rings. The first kappa shape index (κ1) is 18.6. The standard InChI is InChI=1S/C20H24N4O4/c25-17-4-3-16(19(27)23-17)24-11-14-9-12(1-2-15(14)20(24)28)10-22-18(26)13-5-7-21-8-6-13/h1-2,9,13,16,21H,3-8,10-11H2,(H,22,26)(H,23,25,27). The van der Waals surface area contributed by atoms with Gasteiger partial charge in [0.15, 0.2) is 0 Å². The van der Waals surface area contributed by atoms with Gasteiger partial charge in [0.1, 0.15) is 6.04 Å². The molecule has 8 heteroatoms. The number of amides is 4. The Balaban J connectivity index is 1.40. The average molecular weight is 384 g/mol. The number of fused-ring (bicyclic) bond motifs is 1. The minimum Gasteiger partial charge on any atom is -0.352 e. The van der Waals surface area contributed by atoms with Gasteiger partial charge in [0.2, 0.25) is 17.7 Å². The minimum atomic E-state index is -0.610. The molecule has 4 rings (SSSR count). The van der Waals surface area contributed by atoms with Crippen molar-refractivity contribution in [2.45, 2.75) is 44.8 Å². The molecule has 4 amide bonds. The Labute approximate surface area is 163 Å². The van der Waals surface area contributed by atoms with Crippen LogP contribution in [0.5, 0.6) is 0 Å². The summed E-state index contributed by atoms with van der Waals surface area (Å²) in [6.07, 6.45) is 2.30. The number of nitrogens with zero attached hydrogens (tertiary/aromatic N) is 1. The van der Waals surface area contributed by atoms with Crippen molar-refractivity contribution in [3.05, 3.63) is 34.9 Å². The fraction of sp³-hybridized carbons (Fsp3) is 0.500. The molecule has 0 aromatic heterocycles. The topological polar surface area (TPSA) is 108 Å². The van der Waals surface area contributed by atoms with Crippen LogP contribution in [0.1, 0.15) is 47.2 Å². The molecule has 3 aliphatic heterocycles. The number of benzene rings is 1. The molecule has 8 nitrogen and oxygen atoms in total. The molecule has 3 N–H and O–H groups in total. The van der Waals surface area contributed by atoms with E-state index < -0.39 is 11.9 Å². The Morgan fingerprint density at radius 1 is 1.14 bits per heavy atom. The summed E-state index contributed by atoms with van der Waals surface area (Å²) in [5.74, 6) is -0.762. The van der Waals surface area contributed by atoms with Crippen LogP contribution in [0.2, 0.25) is 0 Å². The van der Waals surface area contributed by atoms with Gasteiger partial charge < -0.3 is 15.5 Å². The van der Waals surface area contributed by atoms with Crippen LogP contribution in [0.15, 0.2) is 18.2 Å². The largest absolute Gasteiger partial charge is 0.352 e. The third kappa shape index (κ3) is 3.64. The van der Waals surface area contributed by atoms with Crippen LogP contribution in [0.4, 0.5) is 0 Å². The second kappa shape index (κ2) is 7.71. The number of hydrogen-bond acceptors (Lipinski definition) is 5. The third-order valence-electron chi connectivity index (χ3n) is 5.76. The van der Waals surface area contributed by atoms with Crippen molar-refractivity contribution in [3.63, 3.8) is 0 Å². The molecule has 148 valence electrons. The predicted octanol–water partition coefficient (Wildman–Crippen LogP) is 0.0634. The van der Waals surface area contributed by atoms with Crippen molar-refractivity contribution in [2.75, 3.05) is 13.1 Å².